The molecule has 0 radical (unpaired) electrons. The van der Waals surface area contributed by atoms with Crippen molar-refractivity contribution in [3.8, 4) is 33.4 Å². The Morgan fingerprint density at radius 2 is 0.544 bits per heavy atom. The fraction of sp³-hybridized carbons (Fsp3) is 0.261. The lowest BCUT2D eigenvalue weighted by Gasteiger charge is -2.27. The molecule has 21 nitrogen and oxygen atoms in total. The van der Waals surface area contributed by atoms with Crippen molar-refractivity contribution in [2.24, 2.45) is 32.2 Å². The number of nitrogens with two attached hydrogens (primary N) is 3. The number of aryl methyl sites for hydroxylation is 6. The van der Waals surface area contributed by atoms with Crippen LogP contribution in [-0.4, -0.2) is 116 Å². The molecule has 0 saturated heterocycles. The molecular weight excluding hydrogens is 1130 g/mol. The molecule has 3 aliphatic rings. The van der Waals surface area contributed by atoms with Crippen LogP contribution in [0.25, 0.3) is 33.4 Å². The van der Waals surface area contributed by atoms with Crippen LogP contribution in [0.4, 0.5) is 0 Å². The number of aliphatic imine (C=N–C) groups is 3. The normalized spacial score (nSPS) is 18.6. The zero-order chi connectivity index (χ0) is 63.9. The molecule has 3 aromatic carbocycles. The predicted octanol–water partition coefficient (Wildman–Crippen LogP) is 8.08. The predicted molar refractivity (Wildman–Crippen MR) is 347 cm³/mol. The van der Waals surface area contributed by atoms with Crippen LogP contribution < -0.4 is 17.2 Å². The van der Waals surface area contributed by atoms with E-state index >= 15 is 0 Å². The summed E-state index contributed by atoms with van der Waals surface area (Å²) in [5.41, 5.74) is 30.1. The van der Waals surface area contributed by atoms with Crippen LogP contribution in [0, 0.1) is 0 Å². The third-order valence-electron chi connectivity index (χ3n) is 16.5. The second-order valence-corrected chi connectivity index (χ2v) is 21.9. The molecule has 1 unspecified atom stereocenters. The van der Waals surface area contributed by atoms with Gasteiger partial charge < -0.3 is 17.2 Å². The van der Waals surface area contributed by atoms with Gasteiger partial charge in [0.15, 0.2) is 34.5 Å². The van der Waals surface area contributed by atoms with Crippen molar-refractivity contribution < 1.29 is 14.4 Å². The summed E-state index contributed by atoms with van der Waals surface area (Å²) in [6.07, 6.45) is 19.5. The SMILES string of the molecule is CCc1cc(C2(c3cccc(-c4cncnc4)c3)N=C(N)N(C)C2=O)cc(CC)n1.CCc1cc([C@@]2(c3cccc(-c4cncnc4)c3)N=C(N)N(C)C2=O)cc(CC)n1.CCc1cc([C@]2(c3cccc(-c4cncnc4)c3)N=C(N)N(C)C2=O)cc(CC)n1. The van der Waals surface area contributed by atoms with E-state index in [1.54, 1.807) is 58.3 Å². The van der Waals surface area contributed by atoms with Crippen LogP contribution in [-0.2, 0) is 69.5 Å². The molecule has 3 amide bonds. The molecule has 0 aliphatic carbocycles. The third kappa shape index (κ3) is 11.6. The number of hydrogen-bond donors (Lipinski definition) is 3. The van der Waals surface area contributed by atoms with Crippen LogP contribution in [0.15, 0.2) is 180 Å². The zero-order valence-electron chi connectivity index (χ0n) is 52.0. The van der Waals surface area contributed by atoms with Gasteiger partial charge in [0.25, 0.3) is 17.7 Å². The second kappa shape index (κ2) is 26.2. The minimum atomic E-state index is -1.25. The van der Waals surface area contributed by atoms with Gasteiger partial charge >= 0.3 is 0 Å². The zero-order valence-corrected chi connectivity index (χ0v) is 52.0. The van der Waals surface area contributed by atoms with E-state index in [0.717, 1.165) is 139 Å². The van der Waals surface area contributed by atoms with Gasteiger partial charge in [-0.05, 0) is 143 Å². The Hall–Kier alpha value is -10.8. The van der Waals surface area contributed by atoms with Gasteiger partial charge in [-0.25, -0.2) is 44.9 Å². The molecule has 9 aromatic rings. The summed E-state index contributed by atoms with van der Waals surface area (Å²) in [5.74, 6) is 0.0365. The molecule has 90 heavy (non-hydrogen) atoms. The summed E-state index contributed by atoms with van der Waals surface area (Å²) >= 11 is 0. The number of amides is 3. The van der Waals surface area contributed by atoms with Gasteiger partial charge in [0.1, 0.15) is 19.0 Å². The van der Waals surface area contributed by atoms with Gasteiger partial charge in [-0.3, -0.25) is 44.0 Å². The monoisotopic (exact) mass is 1200 g/mol. The highest BCUT2D eigenvalue weighted by Gasteiger charge is 2.52. The molecule has 21 heteroatoms. The Kier molecular flexibility index (Phi) is 18.2. The second-order valence-electron chi connectivity index (χ2n) is 21.9. The lowest BCUT2D eigenvalue weighted by molar-refractivity contribution is -0.130. The van der Waals surface area contributed by atoms with Crippen molar-refractivity contribution in [1.29, 1.82) is 0 Å². The summed E-state index contributed by atoms with van der Waals surface area (Å²) in [7, 11) is 4.96. The van der Waals surface area contributed by atoms with Crippen molar-refractivity contribution >= 4 is 35.6 Å². The average Bonchev–Trinajstić information content (AvgIpc) is 1.56. The van der Waals surface area contributed by atoms with Gasteiger partial charge in [0.05, 0.1) is 0 Å². The summed E-state index contributed by atoms with van der Waals surface area (Å²) in [5, 5.41) is 0. The maximum atomic E-state index is 13.6. The molecule has 0 bridgehead atoms. The van der Waals surface area contributed by atoms with E-state index in [4.69, 9.17) is 32.2 Å². The highest BCUT2D eigenvalue weighted by molar-refractivity contribution is 6.11. The summed E-state index contributed by atoms with van der Waals surface area (Å²) < 4.78 is 0. The molecule has 12 rings (SSSR count). The first-order valence-corrected chi connectivity index (χ1v) is 30.0. The van der Waals surface area contributed by atoms with Crippen LogP contribution >= 0.6 is 0 Å². The number of guanidine groups is 3. The molecule has 0 saturated carbocycles. The number of benzene rings is 3. The van der Waals surface area contributed by atoms with Gasteiger partial charge in [0.2, 0.25) is 0 Å². The van der Waals surface area contributed by atoms with E-state index in [9.17, 15) is 14.4 Å². The Labute approximate surface area is 523 Å². The van der Waals surface area contributed by atoms with Crippen LogP contribution in [0.3, 0.4) is 0 Å². The first-order valence-electron chi connectivity index (χ1n) is 30.0. The maximum Gasteiger partial charge on any atom is 0.266 e. The average molecular weight is 1200 g/mol. The molecule has 456 valence electrons. The smallest absolute Gasteiger partial charge is 0.266 e. The fourth-order valence-electron chi connectivity index (χ4n) is 11.3. The van der Waals surface area contributed by atoms with Crippen LogP contribution in [0.5, 0.6) is 0 Å². The number of likely N-dealkylation sites (N-methyl/N-ethyl adjacent to an activating group) is 3. The molecule has 0 spiro atoms. The third-order valence-corrected chi connectivity index (χ3v) is 16.5. The quantitative estimate of drug-likeness (QED) is 0.0874. The van der Waals surface area contributed by atoms with Crippen molar-refractivity contribution in [1.82, 2.24) is 59.6 Å². The van der Waals surface area contributed by atoms with E-state index in [1.165, 1.54) is 33.7 Å². The maximum absolute atomic E-state index is 13.6. The van der Waals surface area contributed by atoms with Crippen molar-refractivity contribution in [3.05, 3.63) is 233 Å². The van der Waals surface area contributed by atoms with E-state index < -0.39 is 16.6 Å². The molecular formula is C69H72N18O3. The Morgan fingerprint density at radius 1 is 0.322 bits per heavy atom. The van der Waals surface area contributed by atoms with E-state index in [2.05, 4.69) is 86.4 Å². The van der Waals surface area contributed by atoms with E-state index in [-0.39, 0.29) is 35.6 Å². The number of pyridine rings is 3. The van der Waals surface area contributed by atoms with Gasteiger partial charge in [0, 0.05) is 109 Å². The van der Waals surface area contributed by atoms with Crippen LogP contribution in [0.1, 0.15) is 109 Å². The number of aromatic nitrogens is 9. The largest absolute Gasteiger partial charge is 0.369 e. The number of carbonyl (C=O) groups excluding carboxylic acids is 3. The van der Waals surface area contributed by atoms with Gasteiger partial charge in [-0.2, -0.15) is 0 Å². The first kappa shape index (κ1) is 62.2. The Balaban J connectivity index is 0.000000148. The first-order chi connectivity index (χ1) is 43.5. The summed E-state index contributed by atoms with van der Waals surface area (Å²) in [4.78, 5) is 97.8. The van der Waals surface area contributed by atoms with Crippen molar-refractivity contribution in [2.75, 3.05) is 21.1 Å². The minimum Gasteiger partial charge on any atom is -0.369 e. The minimum absolute atomic E-state index is 0.184. The molecule has 3 aliphatic heterocycles. The molecule has 0 fully saturated rings. The number of carbonyl (C=O) groups is 3. The van der Waals surface area contributed by atoms with Gasteiger partial charge in [-0.15, -0.1) is 0 Å². The lowest BCUT2D eigenvalue weighted by Crippen LogP contribution is -2.41. The van der Waals surface area contributed by atoms with E-state index in [0.29, 0.717) is 0 Å². The van der Waals surface area contributed by atoms with Crippen LogP contribution in [0.2, 0.25) is 0 Å². The van der Waals surface area contributed by atoms with Crippen molar-refractivity contribution in [2.45, 2.75) is 96.7 Å². The van der Waals surface area contributed by atoms with Gasteiger partial charge in [-0.1, -0.05) is 96.1 Å². The molecule has 6 aromatic heterocycles. The topological polar surface area (TPSA) is 292 Å². The molecule has 6 N–H and O–H groups in total. The molecule has 9 heterocycles. The Bertz CT molecular complexity index is 3750. The summed E-state index contributed by atoms with van der Waals surface area (Å²) in [6.45, 7) is 12.3. The summed E-state index contributed by atoms with van der Waals surface area (Å²) in [6, 6.07) is 35.1. The standard InChI is InChI=1S/3C23H24N6O/c3*1-4-19-10-18(11-20(5-2)27-19)23(21(30)29(3)22(24)28-23)17-8-6-7-15(9-17)16-12-25-14-26-13-16/h3*6-14H,4-5H2,1-3H3,(H2,24,28)/t2*23-;/m10./s1. The lowest BCUT2D eigenvalue weighted by atomic mass is 9.81. The highest BCUT2D eigenvalue weighted by atomic mass is 16.2. The van der Waals surface area contributed by atoms with E-state index in [1.807, 2.05) is 109 Å². The number of rotatable bonds is 15. The Morgan fingerprint density at radius 3 is 0.733 bits per heavy atom. The highest BCUT2D eigenvalue weighted by Crippen LogP contribution is 2.44. The fourth-order valence-corrected chi connectivity index (χ4v) is 11.3. The number of nitrogens with zero attached hydrogens (tertiary/aromatic N) is 15. The van der Waals surface area contributed by atoms with Crippen molar-refractivity contribution in [3.63, 3.8) is 0 Å². The molecule has 3 atom stereocenters. The number of hydrogen-bond acceptors (Lipinski definition) is 18.